The van der Waals surface area contributed by atoms with E-state index >= 15 is 0 Å². The molecule has 4 N–H and O–H groups in total. The first-order valence-corrected chi connectivity index (χ1v) is 19.6. The molecule has 2 unspecified atom stereocenters. The fourth-order valence-corrected chi connectivity index (χ4v) is 10.3. The van der Waals surface area contributed by atoms with Crippen molar-refractivity contribution in [3.8, 4) is 22.3 Å². The van der Waals surface area contributed by atoms with Crippen LogP contribution in [0, 0.1) is 0 Å². The molecule has 262 valence electrons. The number of fused-ring (bicyclic) bond motifs is 11. The molecule has 2 aliphatic heterocycles. The van der Waals surface area contributed by atoms with E-state index in [-0.39, 0.29) is 12.3 Å². The summed E-state index contributed by atoms with van der Waals surface area (Å²) < 4.78 is 0. The lowest BCUT2D eigenvalue weighted by Gasteiger charge is -2.40. The third-order valence-electron chi connectivity index (χ3n) is 11.6. The molecule has 0 amide bonds. The van der Waals surface area contributed by atoms with E-state index in [1.54, 1.807) is 0 Å². The molecule has 0 bridgehead atoms. The average Bonchev–Trinajstić information content (AvgIpc) is 3.54. The van der Waals surface area contributed by atoms with Crippen LogP contribution in [0.25, 0.3) is 33.0 Å². The molecule has 0 saturated heterocycles. The van der Waals surface area contributed by atoms with E-state index in [2.05, 4.69) is 180 Å². The Morgan fingerprint density at radius 3 is 1.87 bits per heavy atom. The van der Waals surface area contributed by atoms with Gasteiger partial charge in [-0.3, -0.25) is 5.32 Å². The van der Waals surface area contributed by atoms with Crippen LogP contribution in [0.3, 0.4) is 0 Å². The molecular weight excluding hydrogens is 689 g/mol. The van der Waals surface area contributed by atoms with Crippen molar-refractivity contribution in [1.82, 2.24) is 10.6 Å². The van der Waals surface area contributed by atoms with E-state index in [1.807, 2.05) is 23.9 Å². The smallest absolute Gasteiger partial charge is 0.131 e. The van der Waals surface area contributed by atoms with Crippen molar-refractivity contribution in [1.29, 1.82) is 0 Å². The van der Waals surface area contributed by atoms with Gasteiger partial charge in [-0.1, -0.05) is 157 Å². The third kappa shape index (κ3) is 4.94. The topological polar surface area (TPSA) is 62.4 Å². The van der Waals surface area contributed by atoms with Crippen LogP contribution in [0.2, 0.25) is 0 Å². The molecular formula is C50H36N4S. The standard InChI is InChI=1S/C50H36N4S/c51-35-26-23-31(24-27-35)34-25-28-38-42(29-34)50(40-19-9-11-21-44(40)55-45-22-12-10-20-41(45)50)43-30-39(36-17-7-8-18-37(36)46(38)43)49-53-47(32-13-3-1-4-14-32)52-48(54-49)33-15-5-2-6-16-33/h1-30,47,49,53H,51H2,(H,52,54). The number of amidine groups is 1. The number of benzene rings is 8. The van der Waals surface area contributed by atoms with Crippen molar-refractivity contribution in [2.24, 2.45) is 4.99 Å². The lowest BCUT2D eigenvalue weighted by molar-refractivity contribution is 0.410. The van der Waals surface area contributed by atoms with Crippen LogP contribution in [0.1, 0.15) is 51.3 Å². The Kier molecular flexibility index (Phi) is 7.34. The maximum absolute atomic E-state index is 6.16. The number of rotatable bonds is 4. The molecule has 1 aliphatic carbocycles. The molecule has 0 fully saturated rings. The number of hydrogen-bond donors (Lipinski definition) is 3. The van der Waals surface area contributed by atoms with Crippen LogP contribution in [0.15, 0.2) is 197 Å². The molecule has 0 saturated carbocycles. The highest BCUT2D eigenvalue weighted by atomic mass is 32.2. The van der Waals surface area contributed by atoms with Gasteiger partial charge in [-0.05, 0) is 103 Å². The summed E-state index contributed by atoms with van der Waals surface area (Å²) in [4.78, 5) is 7.82. The molecule has 1 spiro atoms. The molecule has 0 aromatic heterocycles. The molecule has 5 heteroatoms. The van der Waals surface area contributed by atoms with Crippen LogP contribution in [0.5, 0.6) is 0 Å². The van der Waals surface area contributed by atoms with Gasteiger partial charge in [0.25, 0.3) is 0 Å². The van der Waals surface area contributed by atoms with Crippen LogP contribution in [-0.4, -0.2) is 5.84 Å². The Bertz CT molecular complexity index is 2770. The molecule has 0 radical (unpaired) electrons. The van der Waals surface area contributed by atoms with E-state index in [0.29, 0.717) is 0 Å². The molecule has 11 rings (SSSR count). The molecule has 3 aliphatic rings. The second kappa shape index (κ2) is 12.6. The zero-order chi connectivity index (χ0) is 36.5. The minimum absolute atomic E-state index is 0.234. The lowest BCUT2D eigenvalue weighted by Crippen LogP contribution is -2.45. The van der Waals surface area contributed by atoms with Gasteiger partial charge < -0.3 is 11.1 Å². The van der Waals surface area contributed by atoms with Crippen molar-refractivity contribution in [2.45, 2.75) is 27.5 Å². The number of anilines is 1. The van der Waals surface area contributed by atoms with Gasteiger partial charge in [0.15, 0.2) is 0 Å². The van der Waals surface area contributed by atoms with Crippen molar-refractivity contribution in [3.63, 3.8) is 0 Å². The second-order valence-electron chi connectivity index (χ2n) is 14.6. The first-order valence-electron chi connectivity index (χ1n) is 18.8. The summed E-state index contributed by atoms with van der Waals surface area (Å²) in [6.45, 7) is 0. The highest BCUT2D eigenvalue weighted by molar-refractivity contribution is 7.99. The highest BCUT2D eigenvalue weighted by Crippen LogP contribution is 2.64. The largest absolute Gasteiger partial charge is 0.399 e. The maximum atomic E-state index is 6.16. The maximum Gasteiger partial charge on any atom is 0.131 e. The van der Waals surface area contributed by atoms with E-state index in [1.165, 1.54) is 65.1 Å². The fourth-order valence-electron chi connectivity index (χ4n) is 9.14. The monoisotopic (exact) mass is 724 g/mol. The van der Waals surface area contributed by atoms with Crippen LogP contribution < -0.4 is 16.4 Å². The lowest BCUT2D eigenvalue weighted by atomic mass is 9.66. The summed E-state index contributed by atoms with van der Waals surface area (Å²) in [6, 6.07) is 65.9. The van der Waals surface area contributed by atoms with Crippen molar-refractivity contribution in [2.75, 3.05) is 5.73 Å². The van der Waals surface area contributed by atoms with Gasteiger partial charge in [0.05, 0.1) is 5.41 Å². The molecule has 8 aromatic rings. The molecule has 8 aromatic carbocycles. The Morgan fingerprint density at radius 1 is 0.527 bits per heavy atom. The Balaban J connectivity index is 1.21. The van der Waals surface area contributed by atoms with Crippen molar-refractivity contribution >= 4 is 34.1 Å². The first-order chi connectivity index (χ1) is 27.2. The summed E-state index contributed by atoms with van der Waals surface area (Å²) in [5.74, 6) is 0.874. The number of nitrogen functional groups attached to an aromatic ring is 1. The second-order valence-corrected chi connectivity index (χ2v) is 15.6. The molecule has 4 nitrogen and oxygen atoms in total. The SMILES string of the molecule is Nc1ccc(-c2ccc3c(c2)C2(c4ccccc4Sc4ccccc42)c2cc(C4NC(c5ccccc5)=NC(c5ccccc5)N4)c4ccccc4c2-3)cc1. The number of nitrogens with two attached hydrogens (primary N) is 1. The van der Waals surface area contributed by atoms with Crippen LogP contribution >= 0.6 is 11.8 Å². The average molecular weight is 725 g/mol. The predicted octanol–water partition coefficient (Wildman–Crippen LogP) is 11.3. The summed E-state index contributed by atoms with van der Waals surface area (Å²) >= 11 is 1.87. The Morgan fingerprint density at radius 2 is 1.15 bits per heavy atom. The minimum atomic E-state index is -0.560. The fraction of sp³-hybridized carbons (Fsp3) is 0.0600. The van der Waals surface area contributed by atoms with Gasteiger partial charge in [-0.15, -0.1) is 0 Å². The van der Waals surface area contributed by atoms with Crippen LogP contribution in [0.4, 0.5) is 5.69 Å². The number of hydrogen-bond acceptors (Lipinski definition) is 5. The van der Waals surface area contributed by atoms with Gasteiger partial charge in [-0.2, -0.15) is 0 Å². The van der Waals surface area contributed by atoms with Gasteiger partial charge in [0, 0.05) is 21.0 Å². The zero-order valence-electron chi connectivity index (χ0n) is 29.9. The van der Waals surface area contributed by atoms with Gasteiger partial charge in [0.2, 0.25) is 0 Å². The highest BCUT2D eigenvalue weighted by Gasteiger charge is 2.51. The first kappa shape index (κ1) is 32.1. The van der Waals surface area contributed by atoms with Crippen molar-refractivity contribution < 1.29 is 0 Å². The summed E-state index contributed by atoms with van der Waals surface area (Å²) in [6.07, 6.45) is -0.474. The predicted molar refractivity (Wildman–Crippen MR) is 226 cm³/mol. The minimum Gasteiger partial charge on any atom is -0.399 e. The number of nitrogens with one attached hydrogen (secondary N) is 2. The molecule has 2 atom stereocenters. The van der Waals surface area contributed by atoms with Crippen LogP contribution in [-0.2, 0) is 5.41 Å². The summed E-state index contributed by atoms with van der Waals surface area (Å²) in [7, 11) is 0. The quantitative estimate of drug-likeness (QED) is 0.158. The van der Waals surface area contributed by atoms with E-state index in [4.69, 9.17) is 10.7 Å². The van der Waals surface area contributed by atoms with E-state index in [0.717, 1.165) is 28.2 Å². The van der Waals surface area contributed by atoms with Gasteiger partial charge >= 0.3 is 0 Å². The number of aliphatic imine (C=N–C) groups is 1. The number of nitrogens with zero attached hydrogens (tertiary/aromatic N) is 1. The van der Waals surface area contributed by atoms with E-state index in [9.17, 15) is 0 Å². The Hall–Kier alpha value is -6.40. The third-order valence-corrected chi connectivity index (χ3v) is 12.7. The van der Waals surface area contributed by atoms with Gasteiger partial charge in [0.1, 0.15) is 18.2 Å². The normalized spacial score (nSPS) is 17.4. The van der Waals surface area contributed by atoms with Crippen molar-refractivity contribution in [3.05, 3.63) is 221 Å². The Labute approximate surface area is 324 Å². The molecule has 55 heavy (non-hydrogen) atoms. The zero-order valence-corrected chi connectivity index (χ0v) is 30.7. The van der Waals surface area contributed by atoms with Gasteiger partial charge in [-0.25, -0.2) is 4.99 Å². The summed E-state index contributed by atoms with van der Waals surface area (Å²) in [5, 5.41) is 10.3. The summed E-state index contributed by atoms with van der Waals surface area (Å²) in [5.41, 5.74) is 19.9. The van der Waals surface area contributed by atoms with E-state index < -0.39 is 5.41 Å². The molecule has 2 heterocycles.